The van der Waals surface area contributed by atoms with Gasteiger partial charge in [-0.1, -0.05) is 13.8 Å². The van der Waals surface area contributed by atoms with Gasteiger partial charge in [0, 0.05) is 11.9 Å². The molecule has 2 heterocycles. The van der Waals surface area contributed by atoms with E-state index < -0.39 is 0 Å². The fourth-order valence-corrected chi connectivity index (χ4v) is 2.87. The second kappa shape index (κ2) is 9.83. The molecular weight excluding hydrogens is 338 g/mol. The van der Waals surface area contributed by atoms with E-state index in [-0.39, 0.29) is 12.5 Å². The van der Waals surface area contributed by atoms with E-state index in [2.05, 4.69) is 45.2 Å². The van der Waals surface area contributed by atoms with Crippen LogP contribution in [0.3, 0.4) is 0 Å². The molecule has 136 valence electrons. The molecule has 1 amide bonds. The average molecular weight is 363 g/mol. The number of hydrogen-bond acceptors (Lipinski definition) is 5. The summed E-state index contributed by atoms with van der Waals surface area (Å²) in [6, 6.07) is 3.60. The van der Waals surface area contributed by atoms with Crippen molar-refractivity contribution in [2.75, 3.05) is 13.1 Å². The first-order valence-electron chi connectivity index (χ1n) is 8.34. The topological polar surface area (TPSA) is 91.5 Å². The lowest BCUT2D eigenvalue weighted by Crippen LogP contribution is -2.38. The average Bonchev–Trinajstić information content (AvgIpc) is 3.26. The number of furan rings is 1. The molecule has 0 saturated carbocycles. The third kappa shape index (κ3) is 6.58. The number of amides is 1. The highest BCUT2D eigenvalue weighted by Gasteiger charge is 2.07. The number of hydrogen-bond donors (Lipinski definition) is 3. The number of aliphatic imine (C=N–C) groups is 1. The minimum Gasteiger partial charge on any atom is -0.467 e. The second-order valence-electron chi connectivity index (χ2n) is 5.73. The van der Waals surface area contributed by atoms with E-state index >= 15 is 0 Å². The van der Waals surface area contributed by atoms with Gasteiger partial charge < -0.3 is 20.4 Å². The van der Waals surface area contributed by atoms with E-state index in [1.807, 2.05) is 13.0 Å². The largest absolute Gasteiger partial charge is 0.467 e. The lowest BCUT2D eigenvalue weighted by molar-refractivity contribution is -0.119. The lowest BCUT2D eigenvalue weighted by Gasteiger charge is -2.10. The highest BCUT2D eigenvalue weighted by atomic mass is 32.1. The van der Waals surface area contributed by atoms with Gasteiger partial charge in [0.2, 0.25) is 5.91 Å². The number of carbonyl (C=O) groups is 1. The molecular formula is C17H25N5O2S. The van der Waals surface area contributed by atoms with Gasteiger partial charge in [-0.05, 0) is 25.0 Å². The van der Waals surface area contributed by atoms with Gasteiger partial charge in [0.25, 0.3) is 0 Å². The van der Waals surface area contributed by atoms with E-state index in [1.165, 1.54) is 0 Å². The lowest BCUT2D eigenvalue weighted by atomic mass is 10.2. The summed E-state index contributed by atoms with van der Waals surface area (Å²) in [6.07, 6.45) is 1.58. The van der Waals surface area contributed by atoms with Gasteiger partial charge in [-0.2, -0.15) is 0 Å². The Morgan fingerprint density at radius 2 is 2.16 bits per heavy atom. The molecule has 0 fully saturated rings. The molecule has 0 spiro atoms. The molecule has 0 radical (unpaired) electrons. The molecule has 2 aromatic heterocycles. The monoisotopic (exact) mass is 363 g/mol. The van der Waals surface area contributed by atoms with Gasteiger partial charge >= 0.3 is 0 Å². The van der Waals surface area contributed by atoms with Crippen molar-refractivity contribution in [3.63, 3.8) is 0 Å². The summed E-state index contributed by atoms with van der Waals surface area (Å²) in [5.41, 5.74) is 1.10. The van der Waals surface area contributed by atoms with Crippen LogP contribution in [-0.2, 0) is 17.9 Å². The second-order valence-corrected chi connectivity index (χ2v) is 6.67. The highest BCUT2D eigenvalue weighted by Crippen LogP contribution is 2.17. The fourth-order valence-electron chi connectivity index (χ4n) is 1.98. The Morgan fingerprint density at radius 3 is 2.80 bits per heavy atom. The standard InChI is InChI=1S/C17H25N5O2S/c1-4-18-17(21-10-16-22-14(11-25-16)12(2)3)20-9-15(23)19-8-13-6-5-7-24-13/h5-7,11-12H,4,8-10H2,1-3H3,(H,19,23)(H2,18,20,21). The normalized spacial score (nSPS) is 11.6. The van der Waals surface area contributed by atoms with E-state index in [9.17, 15) is 4.79 Å². The van der Waals surface area contributed by atoms with Crippen LogP contribution in [0, 0.1) is 0 Å². The zero-order valence-corrected chi connectivity index (χ0v) is 15.7. The number of carbonyl (C=O) groups excluding carboxylic acids is 1. The molecule has 2 rings (SSSR count). The van der Waals surface area contributed by atoms with Crippen LogP contribution >= 0.6 is 11.3 Å². The maximum absolute atomic E-state index is 11.9. The van der Waals surface area contributed by atoms with Crippen molar-refractivity contribution in [2.45, 2.75) is 39.8 Å². The maximum Gasteiger partial charge on any atom is 0.242 e. The summed E-state index contributed by atoms with van der Waals surface area (Å²) in [6.45, 7) is 7.94. The summed E-state index contributed by atoms with van der Waals surface area (Å²) < 4.78 is 5.17. The van der Waals surface area contributed by atoms with E-state index in [0.717, 1.165) is 17.2 Å². The van der Waals surface area contributed by atoms with Crippen molar-refractivity contribution >= 4 is 23.2 Å². The van der Waals surface area contributed by atoms with E-state index in [1.54, 1.807) is 23.7 Å². The molecule has 7 nitrogen and oxygen atoms in total. The van der Waals surface area contributed by atoms with Gasteiger partial charge in [0.15, 0.2) is 5.96 Å². The Bertz CT molecular complexity index is 679. The summed E-state index contributed by atoms with van der Waals surface area (Å²) in [5.74, 6) is 1.57. The number of rotatable bonds is 8. The number of thiazole rings is 1. The Morgan fingerprint density at radius 1 is 1.32 bits per heavy atom. The quantitative estimate of drug-likeness (QED) is 0.494. The molecule has 0 aliphatic carbocycles. The molecule has 0 aliphatic rings. The highest BCUT2D eigenvalue weighted by molar-refractivity contribution is 7.09. The molecule has 8 heteroatoms. The molecule has 0 saturated heterocycles. The zero-order chi connectivity index (χ0) is 18.1. The van der Waals surface area contributed by atoms with Crippen LogP contribution in [0.4, 0.5) is 0 Å². The van der Waals surface area contributed by atoms with Gasteiger partial charge in [-0.3, -0.25) is 4.79 Å². The Balaban J connectivity index is 1.81. The SMILES string of the molecule is CCNC(=NCC(=O)NCc1ccco1)NCc1nc(C(C)C)cs1. The first-order chi connectivity index (χ1) is 12.1. The van der Waals surface area contributed by atoms with Crippen LogP contribution < -0.4 is 16.0 Å². The number of nitrogens with one attached hydrogen (secondary N) is 3. The number of aromatic nitrogens is 1. The molecule has 0 unspecified atom stereocenters. The minimum absolute atomic E-state index is 0.0468. The first kappa shape index (κ1) is 19.0. The van der Waals surface area contributed by atoms with Gasteiger partial charge in [0.1, 0.15) is 17.3 Å². The van der Waals surface area contributed by atoms with Crippen molar-refractivity contribution < 1.29 is 9.21 Å². The van der Waals surface area contributed by atoms with Gasteiger partial charge in [0.05, 0.1) is 25.0 Å². The predicted octanol–water partition coefficient (Wildman–Crippen LogP) is 2.23. The third-order valence-corrected chi connectivity index (χ3v) is 4.20. The van der Waals surface area contributed by atoms with Crippen molar-refractivity contribution in [3.05, 3.63) is 40.2 Å². The van der Waals surface area contributed by atoms with Crippen molar-refractivity contribution in [3.8, 4) is 0 Å². The van der Waals surface area contributed by atoms with Crippen LogP contribution in [0.5, 0.6) is 0 Å². The van der Waals surface area contributed by atoms with Crippen LogP contribution in [0.2, 0.25) is 0 Å². The van der Waals surface area contributed by atoms with Crippen LogP contribution in [0.1, 0.15) is 43.2 Å². The Labute approximate surface area is 151 Å². The third-order valence-electron chi connectivity index (χ3n) is 3.33. The van der Waals surface area contributed by atoms with Crippen LogP contribution in [-0.4, -0.2) is 29.9 Å². The van der Waals surface area contributed by atoms with Gasteiger partial charge in [-0.15, -0.1) is 11.3 Å². The van der Waals surface area contributed by atoms with Crippen LogP contribution in [0.25, 0.3) is 0 Å². The fraction of sp³-hybridized carbons (Fsp3) is 0.471. The summed E-state index contributed by atoms with van der Waals surface area (Å²) in [4.78, 5) is 20.8. The maximum atomic E-state index is 11.9. The van der Waals surface area contributed by atoms with E-state index in [4.69, 9.17) is 4.42 Å². The molecule has 0 aliphatic heterocycles. The minimum atomic E-state index is -0.162. The first-order valence-corrected chi connectivity index (χ1v) is 9.22. The Kier molecular flexibility index (Phi) is 7.46. The zero-order valence-electron chi connectivity index (χ0n) is 14.8. The van der Waals surface area contributed by atoms with Crippen molar-refractivity contribution in [1.29, 1.82) is 0 Å². The molecule has 0 atom stereocenters. The van der Waals surface area contributed by atoms with Crippen molar-refractivity contribution in [1.82, 2.24) is 20.9 Å². The van der Waals surface area contributed by atoms with Crippen molar-refractivity contribution in [2.24, 2.45) is 4.99 Å². The van der Waals surface area contributed by atoms with Crippen LogP contribution in [0.15, 0.2) is 33.2 Å². The molecule has 0 bridgehead atoms. The Hall–Kier alpha value is -2.35. The number of guanidine groups is 1. The van der Waals surface area contributed by atoms with E-state index in [0.29, 0.717) is 30.7 Å². The molecule has 3 N–H and O–H groups in total. The molecule has 0 aromatic carbocycles. The molecule has 2 aromatic rings. The summed E-state index contributed by atoms with van der Waals surface area (Å²) in [7, 11) is 0. The number of nitrogens with zero attached hydrogens (tertiary/aromatic N) is 2. The predicted molar refractivity (Wildman–Crippen MR) is 99.6 cm³/mol. The molecule has 25 heavy (non-hydrogen) atoms. The summed E-state index contributed by atoms with van der Waals surface area (Å²) in [5, 5.41) is 12.2. The van der Waals surface area contributed by atoms with Gasteiger partial charge in [-0.25, -0.2) is 9.98 Å². The summed E-state index contributed by atoms with van der Waals surface area (Å²) >= 11 is 1.62. The smallest absolute Gasteiger partial charge is 0.242 e.